The molecular formula is C13H19N3. The lowest BCUT2D eigenvalue weighted by Crippen LogP contribution is -2.17. The van der Waals surface area contributed by atoms with Gasteiger partial charge in [-0.15, -0.1) is 0 Å². The van der Waals surface area contributed by atoms with E-state index in [-0.39, 0.29) is 0 Å². The third-order valence-electron chi connectivity index (χ3n) is 2.53. The average Bonchev–Trinajstić information content (AvgIpc) is 2.27. The maximum Gasteiger partial charge on any atom is 0.144 e. The Labute approximate surface area is 97.5 Å². The summed E-state index contributed by atoms with van der Waals surface area (Å²) >= 11 is 0. The Kier molecular flexibility index (Phi) is 4.78. The lowest BCUT2D eigenvalue weighted by molar-refractivity contribution is 0.643. The lowest BCUT2D eigenvalue weighted by atomic mass is 10.1. The molecule has 1 atom stereocenters. The van der Waals surface area contributed by atoms with Gasteiger partial charge in [0.15, 0.2) is 0 Å². The maximum absolute atomic E-state index is 8.97. The van der Waals surface area contributed by atoms with Gasteiger partial charge in [0, 0.05) is 11.7 Å². The van der Waals surface area contributed by atoms with Gasteiger partial charge in [-0.2, -0.15) is 5.26 Å². The number of anilines is 1. The summed E-state index contributed by atoms with van der Waals surface area (Å²) in [7, 11) is 0. The number of pyridine rings is 1. The topological polar surface area (TPSA) is 48.7 Å². The molecule has 1 rings (SSSR count). The summed E-state index contributed by atoms with van der Waals surface area (Å²) in [6.45, 7) is 6.24. The lowest BCUT2D eigenvalue weighted by Gasteiger charge is -2.15. The van der Waals surface area contributed by atoms with Crippen LogP contribution in [0.2, 0.25) is 0 Å². The number of aromatic nitrogens is 1. The van der Waals surface area contributed by atoms with Crippen LogP contribution in [0.1, 0.15) is 44.4 Å². The van der Waals surface area contributed by atoms with Crippen molar-refractivity contribution in [2.24, 2.45) is 0 Å². The molecule has 0 amide bonds. The molecule has 0 saturated heterocycles. The zero-order valence-corrected chi connectivity index (χ0v) is 10.2. The van der Waals surface area contributed by atoms with Gasteiger partial charge in [0.2, 0.25) is 0 Å². The van der Waals surface area contributed by atoms with E-state index in [1.165, 1.54) is 12.8 Å². The van der Waals surface area contributed by atoms with Crippen LogP contribution in [-0.4, -0.2) is 11.0 Å². The maximum atomic E-state index is 8.97. The van der Waals surface area contributed by atoms with Crippen molar-refractivity contribution >= 4 is 5.82 Å². The van der Waals surface area contributed by atoms with E-state index in [1.54, 1.807) is 0 Å². The molecule has 3 nitrogen and oxygen atoms in total. The molecular weight excluding hydrogens is 198 g/mol. The Hall–Kier alpha value is -1.56. The summed E-state index contributed by atoms with van der Waals surface area (Å²) in [4.78, 5) is 4.36. The van der Waals surface area contributed by atoms with E-state index in [9.17, 15) is 0 Å². The third-order valence-corrected chi connectivity index (χ3v) is 2.53. The molecule has 0 spiro atoms. The molecule has 0 aliphatic heterocycles. The van der Waals surface area contributed by atoms with Crippen LogP contribution in [0.3, 0.4) is 0 Å². The van der Waals surface area contributed by atoms with Gasteiger partial charge in [-0.3, -0.25) is 0 Å². The zero-order valence-electron chi connectivity index (χ0n) is 10.2. The van der Waals surface area contributed by atoms with E-state index in [0.29, 0.717) is 17.4 Å². The molecule has 3 heteroatoms. The van der Waals surface area contributed by atoms with Gasteiger partial charge in [0.05, 0.1) is 5.56 Å². The van der Waals surface area contributed by atoms with Crippen LogP contribution in [-0.2, 0) is 0 Å². The quantitative estimate of drug-likeness (QED) is 0.823. The van der Waals surface area contributed by atoms with Crippen LogP contribution in [0.25, 0.3) is 0 Å². The minimum absolute atomic E-state index is 0.362. The monoisotopic (exact) mass is 217 g/mol. The van der Waals surface area contributed by atoms with Gasteiger partial charge >= 0.3 is 0 Å². The minimum Gasteiger partial charge on any atom is -0.367 e. The van der Waals surface area contributed by atoms with Crippen molar-refractivity contribution in [2.75, 3.05) is 5.32 Å². The first-order valence-corrected chi connectivity index (χ1v) is 5.81. The van der Waals surface area contributed by atoms with Gasteiger partial charge in [0.1, 0.15) is 11.9 Å². The Morgan fingerprint density at radius 3 is 2.88 bits per heavy atom. The summed E-state index contributed by atoms with van der Waals surface area (Å²) in [6, 6.07) is 6.20. The Morgan fingerprint density at radius 2 is 2.25 bits per heavy atom. The van der Waals surface area contributed by atoms with Gasteiger partial charge < -0.3 is 5.32 Å². The fraction of sp³-hybridized carbons (Fsp3) is 0.538. The van der Waals surface area contributed by atoms with Crippen molar-refractivity contribution in [3.05, 3.63) is 23.4 Å². The summed E-state index contributed by atoms with van der Waals surface area (Å²) in [6.07, 6.45) is 3.50. The standard InChI is InChI=1S/C13H19N3/c1-4-5-6-10(2)15-13-12(9-14)8-7-11(3)16-13/h7-8,10H,4-6H2,1-3H3,(H,15,16). The molecule has 1 unspecified atom stereocenters. The van der Waals surface area contributed by atoms with Gasteiger partial charge in [0.25, 0.3) is 0 Å². The van der Waals surface area contributed by atoms with Gasteiger partial charge in [-0.05, 0) is 32.4 Å². The molecule has 1 N–H and O–H groups in total. The first kappa shape index (κ1) is 12.5. The van der Waals surface area contributed by atoms with Crippen molar-refractivity contribution in [3.63, 3.8) is 0 Å². The second-order valence-electron chi connectivity index (χ2n) is 4.15. The number of aryl methyl sites for hydroxylation is 1. The molecule has 1 aromatic heterocycles. The van der Waals surface area contributed by atoms with E-state index < -0.39 is 0 Å². The van der Waals surface area contributed by atoms with Crippen LogP contribution < -0.4 is 5.32 Å². The fourth-order valence-electron chi connectivity index (χ4n) is 1.57. The molecule has 0 aliphatic rings. The summed E-state index contributed by atoms with van der Waals surface area (Å²) < 4.78 is 0. The molecule has 86 valence electrons. The van der Waals surface area contributed by atoms with Crippen LogP contribution in [0.5, 0.6) is 0 Å². The number of nitriles is 1. The molecule has 0 radical (unpaired) electrons. The summed E-state index contributed by atoms with van der Waals surface area (Å²) in [5.74, 6) is 0.714. The van der Waals surface area contributed by atoms with Crippen molar-refractivity contribution in [1.82, 2.24) is 4.98 Å². The predicted molar refractivity (Wildman–Crippen MR) is 66.3 cm³/mol. The first-order chi connectivity index (χ1) is 7.67. The summed E-state index contributed by atoms with van der Waals surface area (Å²) in [5, 5.41) is 12.3. The van der Waals surface area contributed by atoms with Crippen LogP contribution in [0, 0.1) is 18.3 Å². The highest BCUT2D eigenvalue weighted by molar-refractivity contribution is 5.52. The van der Waals surface area contributed by atoms with Crippen molar-refractivity contribution in [1.29, 1.82) is 5.26 Å². The van der Waals surface area contributed by atoms with Crippen molar-refractivity contribution in [3.8, 4) is 6.07 Å². The highest BCUT2D eigenvalue weighted by Crippen LogP contribution is 2.15. The number of nitrogens with one attached hydrogen (secondary N) is 1. The molecule has 0 aromatic carbocycles. The second-order valence-corrected chi connectivity index (χ2v) is 4.15. The Bertz CT molecular complexity index is 379. The van der Waals surface area contributed by atoms with Crippen molar-refractivity contribution in [2.45, 2.75) is 46.1 Å². The average molecular weight is 217 g/mol. The van der Waals surface area contributed by atoms with E-state index in [4.69, 9.17) is 5.26 Å². The molecule has 1 aromatic rings. The number of nitrogens with zero attached hydrogens (tertiary/aromatic N) is 2. The summed E-state index contributed by atoms with van der Waals surface area (Å²) in [5.41, 5.74) is 1.55. The molecule has 0 bridgehead atoms. The first-order valence-electron chi connectivity index (χ1n) is 5.81. The minimum atomic E-state index is 0.362. The SMILES string of the molecule is CCCCC(C)Nc1nc(C)ccc1C#N. The fourth-order valence-corrected chi connectivity index (χ4v) is 1.57. The predicted octanol–water partition coefficient (Wildman–Crippen LogP) is 3.25. The van der Waals surface area contributed by atoms with E-state index in [1.807, 2.05) is 19.1 Å². The van der Waals surface area contributed by atoms with E-state index in [2.05, 4.69) is 30.2 Å². The highest BCUT2D eigenvalue weighted by Gasteiger charge is 2.07. The van der Waals surface area contributed by atoms with Crippen LogP contribution in [0.15, 0.2) is 12.1 Å². The van der Waals surface area contributed by atoms with E-state index in [0.717, 1.165) is 12.1 Å². The molecule has 0 aliphatic carbocycles. The van der Waals surface area contributed by atoms with Gasteiger partial charge in [-0.25, -0.2) is 4.98 Å². The molecule has 1 heterocycles. The Morgan fingerprint density at radius 1 is 1.50 bits per heavy atom. The van der Waals surface area contributed by atoms with Gasteiger partial charge in [-0.1, -0.05) is 19.8 Å². The number of unbranched alkanes of at least 4 members (excludes halogenated alkanes) is 1. The third kappa shape index (κ3) is 3.54. The number of rotatable bonds is 5. The van der Waals surface area contributed by atoms with Crippen molar-refractivity contribution < 1.29 is 0 Å². The molecule has 0 fully saturated rings. The normalized spacial score (nSPS) is 11.9. The second kappa shape index (κ2) is 6.12. The smallest absolute Gasteiger partial charge is 0.144 e. The zero-order chi connectivity index (χ0) is 12.0. The van der Waals surface area contributed by atoms with E-state index >= 15 is 0 Å². The number of hydrogen-bond donors (Lipinski definition) is 1. The Balaban J connectivity index is 2.72. The molecule has 16 heavy (non-hydrogen) atoms. The number of hydrogen-bond acceptors (Lipinski definition) is 3. The van der Waals surface area contributed by atoms with Crippen LogP contribution in [0.4, 0.5) is 5.82 Å². The molecule has 0 saturated carbocycles. The largest absolute Gasteiger partial charge is 0.367 e. The van der Waals surface area contributed by atoms with Crippen LogP contribution >= 0.6 is 0 Å². The highest BCUT2D eigenvalue weighted by atomic mass is 15.0.